The van der Waals surface area contributed by atoms with Crippen LogP contribution in [0.3, 0.4) is 0 Å². The summed E-state index contributed by atoms with van der Waals surface area (Å²) in [5.74, 6) is -0.739. The molecule has 0 bridgehead atoms. The first-order valence-electron chi connectivity index (χ1n) is 8.15. The van der Waals surface area contributed by atoms with E-state index in [-0.39, 0.29) is 34.9 Å². The minimum absolute atomic E-state index is 0.00543. The molecule has 3 rings (SSSR count). The number of nitrogens with one attached hydrogen (secondary N) is 1. The predicted molar refractivity (Wildman–Crippen MR) is 92.8 cm³/mol. The topological polar surface area (TPSA) is 111 Å². The van der Waals surface area contributed by atoms with E-state index in [0.29, 0.717) is 18.2 Å². The Morgan fingerprint density at radius 1 is 1.31 bits per heavy atom. The molecule has 1 aliphatic heterocycles. The molecule has 0 aliphatic carbocycles. The van der Waals surface area contributed by atoms with Gasteiger partial charge < -0.3 is 14.6 Å². The molecule has 1 amide bonds. The molecule has 0 unspecified atom stereocenters. The number of nitrogens with zero attached hydrogens (tertiary/aromatic N) is 2. The van der Waals surface area contributed by atoms with Crippen molar-refractivity contribution in [2.75, 3.05) is 18.9 Å². The first-order chi connectivity index (χ1) is 12.4. The van der Waals surface area contributed by atoms with E-state index < -0.39 is 15.7 Å². The van der Waals surface area contributed by atoms with Crippen molar-refractivity contribution < 1.29 is 22.5 Å². The summed E-state index contributed by atoms with van der Waals surface area (Å²) in [5.41, 5.74) is 0. The van der Waals surface area contributed by atoms with Crippen LogP contribution in [0.5, 0.6) is 0 Å². The number of carbonyl (C=O) groups is 1. The predicted octanol–water partition coefficient (Wildman–Crippen LogP) is 1.65. The molecule has 1 atom stereocenters. The highest BCUT2D eigenvalue weighted by Gasteiger charge is 2.21. The molecule has 0 radical (unpaired) electrons. The largest absolute Gasteiger partial charge is 0.376 e. The fraction of sp³-hybridized carbons (Fsp3) is 0.438. The summed E-state index contributed by atoms with van der Waals surface area (Å²) in [7, 11) is -3.50. The van der Waals surface area contributed by atoms with Crippen molar-refractivity contribution in [2.45, 2.75) is 30.3 Å². The Kier molecular flexibility index (Phi) is 5.90. The van der Waals surface area contributed by atoms with Crippen LogP contribution in [0.4, 0.5) is 0 Å². The Morgan fingerprint density at radius 3 is 2.77 bits per heavy atom. The van der Waals surface area contributed by atoms with Crippen LogP contribution in [-0.4, -0.2) is 49.5 Å². The number of hydrogen-bond acceptors (Lipinski definition) is 7. The molecule has 2 heterocycles. The number of hydrogen-bond donors (Lipinski definition) is 1. The number of benzene rings is 1. The number of sulfone groups is 1. The molecule has 0 spiro atoms. The summed E-state index contributed by atoms with van der Waals surface area (Å²) in [5, 5.41) is 6.79. The number of ether oxygens (including phenoxy) is 1. The fourth-order valence-corrected chi connectivity index (χ4v) is 3.88. The second-order valence-electron chi connectivity index (χ2n) is 5.88. The first kappa shape index (κ1) is 18.8. The lowest BCUT2D eigenvalue weighted by Crippen LogP contribution is -2.31. The highest BCUT2D eigenvalue weighted by Crippen LogP contribution is 2.16. The van der Waals surface area contributed by atoms with Crippen molar-refractivity contribution in [2.24, 2.45) is 0 Å². The van der Waals surface area contributed by atoms with Gasteiger partial charge in [0, 0.05) is 24.6 Å². The molecule has 26 heavy (non-hydrogen) atoms. The molecule has 1 aliphatic rings. The van der Waals surface area contributed by atoms with Crippen LogP contribution in [0.2, 0.25) is 5.02 Å². The van der Waals surface area contributed by atoms with Gasteiger partial charge in [0.1, 0.15) is 0 Å². The summed E-state index contributed by atoms with van der Waals surface area (Å²) in [4.78, 5) is 16.1. The summed E-state index contributed by atoms with van der Waals surface area (Å²) in [6, 6.07) is 5.91. The molecule has 8 nitrogen and oxygen atoms in total. The average molecular weight is 400 g/mol. The van der Waals surface area contributed by atoms with Crippen molar-refractivity contribution >= 4 is 27.3 Å². The van der Waals surface area contributed by atoms with Crippen LogP contribution in [0.25, 0.3) is 0 Å². The molecular formula is C16H18ClN3O5S. The van der Waals surface area contributed by atoms with Crippen LogP contribution in [0, 0.1) is 0 Å². The third-order valence-corrected chi connectivity index (χ3v) is 5.93. The minimum Gasteiger partial charge on any atom is -0.376 e. The summed E-state index contributed by atoms with van der Waals surface area (Å²) < 4.78 is 34.9. The van der Waals surface area contributed by atoms with E-state index in [1.807, 2.05) is 0 Å². The number of halogens is 1. The minimum atomic E-state index is -3.50. The van der Waals surface area contributed by atoms with Gasteiger partial charge in [0.2, 0.25) is 0 Å². The summed E-state index contributed by atoms with van der Waals surface area (Å²) >= 11 is 5.76. The lowest BCUT2D eigenvalue weighted by molar-refractivity contribution is 0.0822. The molecule has 1 saturated heterocycles. The van der Waals surface area contributed by atoms with Gasteiger partial charge in [-0.05, 0) is 37.1 Å². The van der Waals surface area contributed by atoms with Gasteiger partial charge in [-0.25, -0.2) is 8.42 Å². The van der Waals surface area contributed by atoms with Crippen molar-refractivity contribution in [3.63, 3.8) is 0 Å². The first-order valence-corrected chi connectivity index (χ1v) is 10.2. The van der Waals surface area contributed by atoms with Crippen LogP contribution >= 0.6 is 11.6 Å². The molecule has 10 heteroatoms. The Balaban J connectivity index is 1.54. The van der Waals surface area contributed by atoms with E-state index in [1.54, 1.807) is 0 Å². The highest BCUT2D eigenvalue weighted by atomic mass is 35.5. The normalized spacial score (nSPS) is 17.3. The average Bonchev–Trinajstić information content (AvgIpc) is 3.30. The molecule has 1 aromatic carbocycles. The van der Waals surface area contributed by atoms with Gasteiger partial charge in [0.15, 0.2) is 15.7 Å². The van der Waals surface area contributed by atoms with E-state index in [0.717, 1.165) is 12.8 Å². The van der Waals surface area contributed by atoms with E-state index in [2.05, 4.69) is 15.5 Å². The van der Waals surface area contributed by atoms with E-state index >= 15 is 0 Å². The smallest absolute Gasteiger partial charge is 0.315 e. The molecule has 0 saturated carbocycles. The third-order valence-electron chi connectivity index (χ3n) is 3.94. The van der Waals surface area contributed by atoms with Gasteiger partial charge in [0.25, 0.3) is 0 Å². The number of amides is 1. The van der Waals surface area contributed by atoms with E-state index in [9.17, 15) is 13.2 Å². The van der Waals surface area contributed by atoms with Gasteiger partial charge in [-0.15, -0.1) is 0 Å². The summed E-state index contributed by atoms with van der Waals surface area (Å²) in [6.07, 6.45) is 1.92. The zero-order valence-electron chi connectivity index (χ0n) is 13.9. The van der Waals surface area contributed by atoms with Crippen LogP contribution in [0.15, 0.2) is 33.7 Å². The Bertz CT molecular complexity index is 860. The lowest BCUT2D eigenvalue weighted by Gasteiger charge is -2.08. The standard InChI is InChI=1S/C16H18ClN3O5S/c17-11-3-5-13(6-4-11)26(22,23)9-7-14-19-16(25-20-14)15(21)18-10-12-2-1-8-24-12/h3-6,12H,1-2,7-10H2,(H,18,21)/t12-/m0/s1. The maximum atomic E-state index is 12.3. The number of rotatable bonds is 7. The van der Waals surface area contributed by atoms with Crippen molar-refractivity contribution in [3.8, 4) is 0 Å². The number of carbonyl (C=O) groups excluding carboxylic acids is 1. The zero-order valence-corrected chi connectivity index (χ0v) is 15.4. The molecule has 140 valence electrons. The SMILES string of the molecule is O=C(NC[C@@H]1CCCO1)c1nc(CCS(=O)(=O)c2ccc(Cl)cc2)no1. The lowest BCUT2D eigenvalue weighted by atomic mass is 10.2. The van der Waals surface area contributed by atoms with Gasteiger partial charge in [-0.2, -0.15) is 4.98 Å². The zero-order chi connectivity index (χ0) is 18.6. The molecule has 1 N–H and O–H groups in total. The van der Waals surface area contributed by atoms with E-state index in [1.165, 1.54) is 24.3 Å². The van der Waals surface area contributed by atoms with Gasteiger partial charge in [0.05, 0.1) is 16.8 Å². The Labute approximate surface area is 155 Å². The maximum absolute atomic E-state index is 12.3. The molecule has 1 fully saturated rings. The number of aryl methyl sites for hydroxylation is 1. The fourth-order valence-electron chi connectivity index (χ4n) is 2.52. The van der Waals surface area contributed by atoms with Crippen LogP contribution < -0.4 is 5.32 Å². The quantitative estimate of drug-likeness (QED) is 0.753. The molecule has 2 aromatic rings. The van der Waals surface area contributed by atoms with Crippen molar-refractivity contribution in [1.29, 1.82) is 0 Å². The number of aromatic nitrogens is 2. The monoisotopic (exact) mass is 399 g/mol. The highest BCUT2D eigenvalue weighted by molar-refractivity contribution is 7.91. The Hall–Kier alpha value is -1.97. The Morgan fingerprint density at radius 2 is 2.08 bits per heavy atom. The van der Waals surface area contributed by atoms with Gasteiger partial charge in [-0.3, -0.25) is 4.79 Å². The van der Waals surface area contributed by atoms with Crippen molar-refractivity contribution in [1.82, 2.24) is 15.5 Å². The van der Waals surface area contributed by atoms with Gasteiger partial charge in [-0.1, -0.05) is 16.8 Å². The van der Waals surface area contributed by atoms with Crippen LogP contribution in [0.1, 0.15) is 29.4 Å². The van der Waals surface area contributed by atoms with Crippen molar-refractivity contribution in [3.05, 3.63) is 41.0 Å². The molecular weight excluding hydrogens is 382 g/mol. The molecule has 1 aromatic heterocycles. The maximum Gasteiger partial charge on any atom is 0.315 e. The van der Waals surface area contributed by atoms with Gasteiger partial charge >= 0.3 is 11.8 Å². The van der Waals surface area contributed by atoms with Crippen LogP contribution in [-0.2, 0) is 21.0 Å². The third kappa shape index (κ3) is 4.80. The van der Waals surface area contributed by atoms with E-state index in [4.69, 9.17) is 20.9 Å². The second kappa shape index (κ2) is 8.15. The summed E-state index contributed by atoms with van der Waals surface area (Å²) in [6.45, 7) is 1.08. The second-order valence-corrected chi connectivity index (χ2v) is 8.43.